The Balaban J connectivity index is 2.41. The third-order valence-corrected chi connectivity index (χ3v) is 3.49. The molecule has 1 saturated heterocycles. The normalized spacial score (nSPS) is 19.2. The molecule has 18 heavy (non-hydrogen) atoms. The summed E-state index contributed by atoms with van der Waals surface area (Å²) in [6, 6.07) is 1.89. The van der Waals surface area contributed by atoms with Crippen LogP contribution in [0.25, 0.3) is 0 Å². The van der Waals surface area contributed by atoms with Crippen LogP contribution in [0.5, 0.6) is 0 Å². The number of carbonyl (C=O) groups excluding carboxylic acids is 1. The smallest absolute Gasteiger partial charge is 0.247 e. The molecule has 0 saturated carbocycles. The number of amides is 1. The van der Waals surface area contributed by atoms with Crippen LogP contribution in [0.15, 0.2) is 12.3 Å². The van der Waals surface area contributed by atoms with E-state index in [2.05, 4.69) is 4.98 Å². The van der Waals surface area contributed by atoms with Gasteiger partial charge in [-0.25, -0.2) is 4.98 Å². The quantitative estimate of drug-likeness (QED) is 0.806. The van der Waals surface area contributed by atoms with Gasteiger partial charge >= 0.3 is 0 Å². The first kappa shape index (κ1) is 12.7. The van der Waals surface area contributed by atoms with E-state index < -0.39 is 5.54 Å². The molecule has 0 radical (unpaired) electrons. The number of piperazine rings is 1. The minimum absolute atomic E-state index is 0.0931. The van der Waals surface area contributed by atoms with Gasteiger partial charge in [-0.15, -0.1) is 0 Å². The summed E-state index contributed by atoms with van der Waals surface area (Å²) < 4.78 is 0. The number of carbonyl (C=O) groups is 1. The number of hydrogen-bond acceptors (Lipinski definition) is 4. The second-order valence-corrected chi connectivity index (χ2v) is 5.36. The summed E-state index contributed by atoms with van der Waals surface area (Å²) in [7, 11) is 1.83. The highest BCUT2D eigenvalue weighted by atomic mass is 16.2. The van der Waals surface area contributed by atoms with Crippen LogP contribution in [-0.2, 0) is 4.79 Å². The maximum Gasteiger partial charge on any atom is 0.247 e. The van der Waals surface area contributed by atoms with Gasteiger partial charge in [0.25, 0.3) is 0 Å². The van der Waals surface area contributed by atoms with Crippen molar-refractivity contribution in [1.82, 2.24) is 9.88 Å². The Kier molecular flexibility index (Phi) is 2.92. The van der Waals surface area contributed by atoms with Gasteiger partial charge in [-0.3, -0.25) is 4.79 Å². The lowest BCUT2D eigenvalue weighted by Crippen LogP contribution is -2.62. The SMILES string of the molecule is Cc1cnc(N2CCN(C)C(=O)C2(C)C)c(N)c1. The first-order chi connectivity index (χ1) is 8.34. The predicted molar refractivity (Wildman–Crippen MR) is 72.4 cm³/mol. The number of rotatable bonds is 1. The number of aromatic nitrogens is 1. The molecule has 2 N–H and O–H groups in total. The summed E-state index contributed by atoms with van der Waals surface area (Å²) in [4.78, 5) is 20.4. The van der Waals surface area contributed by atoms with Crippen LogP contribution in [0.4, 0.5) is 11.5 Å². The van der Waals surface area contributed by atoms with E-state index in [9.17, 15) is 4.79 Å². The lowest BCUT2D eigenvalue weighted by atomic mass is 9.97. The Labute approximate surface area is 108 Å². The summed E-state index contributed by atoms with van der Waals surface area (Å²) in [6.07, 6.45) is 1.78. The van der Waals surface area contributed by atoms with Crippen LogP contribution < -0.4 is 10.6 Å². The van der Waals surface area contributed by atoms with Crippen LogP contribution in [0, 0.1) is 6.92 Å². The number of aryl methyl sites for hydroxylation is 1. The van der Waals surface area contributed by atoms with Crippen molar-refractivity contribution >= 4 is 17.4 Å². The number of nitrogens with zero attached hydrogens (tertiary/aromatic N) is 3. The number of pyridine rings is 1. The van der Waals surface area contributed by atoms with Crippen molar-refractivity contribution in [2.45, 2.75) is 26.3 Å². The number of hydrogen-bond donors (Lipinski definition) is 1. The van der Waals surface area contributed by atoms with Crippen molar-refractivity contribution < 1.29 is 4.79 Å². The maximum atomic E-state index is 12.2. The van der Waals surface area contributed by atoms with Crippen molar-refractivity contribution in [3.63, 3.8) is 0 Å². The van der Waals surface area contributed by atoms with Gasteiger partial charge in [0.05, 0.1) is 5.69 Å². The fourth-order valence-electron chi connectivity index (χ4n) is 2.39. The van der Waals surface area contributed by atoms with Crippen molar-refractivity contribution in [3.8, 4) is 0 Å². The number of nitrogens with two attached hydrogens (primary N) is 1. The van der Waals surface area contributed by atoms with Gasteiger partial charge in [0.15, 0.2) is 5.82 Å². The average molecular weight is 248 g/mol. The highest BCUT2D eigenvalue weighted by Gasteiger charge is 2.41. The van der Waals surface area contributed by atoms with Crippen molar-refractivity contribution in [3.05, 3.63) is 17.8 Å². The molecule has 1 fully saturated rings. The molecule has 0 aromatic carbocycles. The zero-order valence-corrected chi connectivity index (χ0v) is 11.4. The average Bonchev–Trinajstić information content (AvgIpc) is 2.28. The van der Waals surface area contributed by atoms with Crippen molar-refractivity contribution in [1.29, 1.82) is 0 Å². The predicted octanol–water partition coefficient (Wildman–Crippen LogP) is 1.03. The molecule has 2 heterocycles. The Morgan fingerprint density at radius 2 is 2.06 bits per heavy atom. The largest absolute Gasteiger partial charge is 0.396 e. The van der Waals surface area contributed by atoms with Crippen LogP contribution >= 0.6 is 0 Å². The molecule has 2 rings (SSSR count). The minimum atomic E-state index is -0.608. The molecule has 1 aliphatic rings. The van der Waals surface area contributed by atoms with Crippen molar-refractivity contribution in [2.24, 2.45) is 0 Å². The minimum Gasteiger partial charge on any atom is -0.396 e. The lowest BCUT2D eigenvalue weighted by molar-refractivity contribution is -0.136. The van der Waals surface area contributed by atoms with Gasteiger partial charge in [-0.1, -0.05) is 0 Å². The van der Waals surface area contributed by atoms with E-state index in [4.69, 9.17) is 5.73 Å². The highest BCUT2D eigenvalue weighted by molar-refractivity contribution is 5.91. The fraction of sp³-hybridized carbons (Fsp3) is 0.538. The van der Waals surface area contributed by atoms with Gasteiger partial charge < -0.3 is 15.5 Å². The molecule has 5 heteroatoms. The second-order valence-electron chi connectivity index (χ2n) is 5.36. The summed E-state index contributed by atoms with van der Waals surface area (Å²) in [6.45, 7) is 7.21. The van der Waals surface area contributed by atoms with Crippen LogP contribution in [0.3, 0.4) is 0 Å². The van der Waals surface area contributed by atoms with E-state index in [1.165, 1.54) is 0 Å². The van der Waals surface area contributed by atoms with Crippen LogP contribution in [0.2, 0.25) is 0 Å². The van der Waals surface area contributed by atoms with Gasteiger partial charge in [0.2, 0.25) is 5.91 Å². The van der Waals surface area contributed by atoms with E-state index in [1.807, 2.05) is 38.8 Å². The third-order valence-electron chi connectivity index (χ3n) is 3.49. The zero-order valence-electron chi connectivity index (χ0n) is 11.4. The molecular weight excluding hydrogens is 228 g/mol. The maximum absolute atomic E-state index is 12.2. The molecule has 1 amide bonds. The summed E-state index contributed by atoms with van der Waals surface area (Å²) in [5.74, 6) is 0.794. The van der Waals surface area contributed by atoms with Crippen molar-refractivity contribution in [2.75, 3.05) is 30.8 Å². The topological polar surface area (TPSA) is 62.5 Å². The molecule has 0 aliphatic carbocycles. The molecule has 1 aromatic rings. The Bertz CT molecular complexity index is 484. The summed E-state index contributed by atoms with van der Waals surface area (Å²) in [5.41, 5.74) is 7.06. The fourth-order valence-corrected chi connectivity index (χ4v) is 2.39. The molecule has 0 spiro atoms. The first-order valence-electron chi connectivity index (χ1n) is 6.09. The monoisotopic (exact) mass is 248 g/mol. The van der Waals surface area contributed by atoms with Gasteiger partial charge in [0, 0.05) is 26.3 Å². The first-order valence-corrected chi connectivity index (χ1v) is 6.09. The number of anilines is 2. The van der Waals surface area contributed by atoms with E-state index >= 15 is 0 Å². The highest BCUT2D eigenvalue weighted by Crippen LogP contribution is 2.31. The molecule has 1 aromatic heterocycles. The second kappa shape index (κ2) is 4.15. The van der Waals surface area contributed by atoms with E-state index in [0.29, 0.717) is 18.1 Å². The standard InChI is InChI=1S/C13H20N4O/c1-9-7-10(14)11(15-8-9)17-6-5-16(4)12(18)13(17,2)3/h7-8H,5-6,14H2,1-4H3. The number of likely N-dealkylation sites (N-methyl/N-ethyl adjacent to an activating group) is 1. The number of nitrogen functional groups attached to an aromatic ring is 1. The zero-order chi connectivity index (χ0) is 13.5. The van der Waals surface area contributed by atoms with Gasteiger partial charge in [-0.2, -0.15) is 0 Å². The molecule has 0 atom stereocenters. The summed E-state index contributed by atoms with van der Waals surface area (Å²) >= 11 is 0. The molecule has 1 aliphatic heterocycles. The molecule has 98 valence electrons. The molecule has 5 nitrogen and oxygen atoms in total. The Morgan fingerprint density at radius 1 is 1.39 bits per heavy atom. The Hall–Kier alpha value is -1.78. The molecule has 0 unspecified atom stereocenters. The van der Waals surface area contributed by atoms with E-state index in [0.717, 1.165) is 12.1 Å². The summed E-state index contributed by atoms with van der Waals surface area (Å²) in [5, 5.41) is 0. The van der Waals surface area contributed by atoms with Gasteiger partial charge in [0.1, 0.15) is 5.54 Å². The molecule has 0 bridgehead atoms. The lowest BCUT2D eigenvalue weighted by Gasteiger charge is -2.45. The van der Waals surface area contributed by atoms with Crippen LogP contribution in [0.1, 0.15) is 19.4 Å². The van der Waals surface area contributed by atoms with Gasteiger partial charge in [-0.05, 0) is 32.4 Å². The van der Waals surface area contributed by atoms with E-state index in [1.54, 1.807) is 11.1 Å². The third kappa shape index (κ3) is 1.89. The Morgan fingerprint density at radius 3 is 2.67 bits per heavy atom. The van der Waals surface area contributed by atoms with Crippen LogP contribution in [-0.4, -0.2) is 41.5 Å². The molecular formula is C13H20N4O. The van der Waals surface area contributed by atoms with E-state index in [-0.39, 0.29) is 5.91 Å².